The van der Waals surface area contributed by atoms with Gasteiger partial charge in [-0.05, 0) is 0 Å². The zero-order chi connectivity index (χ0) is 22.4. The molecule has 0 amide bonds. The maximum atomic E-state index is 12.2. The number of rotatable bonds is 13. The van der Waals surface area contributed by atoms with Crippen molar-refractivity contribution in [2.75, 3.05) is 55.4 Å². The number of Topliss-reactive ketones (excluding diaryl/α,β-unsaturated/α-hetero) is 2. The van der Waals surface area contributed by atoms with E-state index in [1.807, 2.05) is 0 Å². The van der Waals surface area contributed by atoms with Gasteiger partial charge in [0.2, 0.25) is 0 Å². The van der Waals surface area contributed by atoms with Gasteiger partial charge < -0.3 is 39.0 Å². The smallest absolute Gasteiger partial charge is 0.144 e. The van der Waals surface area contributed by atoms with Crippen molar-refractivity contribution >= 4 is 23.5 Å². The summed E-state index contributed by atoms with van der Waals surface area (Å²) >= 11 is 0. The SMILES string of the molecule is C[N+](C)(C)CC(O)C(C(=O)[O-])C(=O)CCC(=O)C(C(=O)[O-])C(O)C[N+](C)(C)C. The van der Waals surface area contributed by atoms with Crippen molar-refractivity contribution < 1.29 is 48.6 Å². The Labute approximate surface area is 165 Å². The third kappa shape index (κ3) is 9.36. The third-order valence-corrected chi connectivity index (χ3v) is 4.06. The molecule has 4 atom stereocenters. The highest BCUT2D eigenvalue weighted by Gasteiger charge is 2.35. The summed E-state index contributed by atoms with van der Waals surface area (Å²) in [5, 5.41) is 42.7. The molecule has 0 saturated heterocycles. The average molecular weight is 404 g/mol. The number of carboxylic acids is 2. The van der Waals surface area contributed by atoms with E-state index >= 15 is 0 Å². The molecule has 0 aliphatic rings. The number of aliphatic hydroxyl groups is 2. The number of carbonyl (C=O) groups excluding carboxylic acids is 4. The van der Waals surface area contributed by atoms with Crippen LogP contribution >= 0.6 is 0 Å². The van der Waals surface area contributed by atoms with Gasteiger partial charge in [0.05, 0.1) is 66.1 Å². The second-order valence-electron chi connectivity index (χ2n) is 9.11. The minimum Gasteiger partial charge on any atom is -0.549 e. The number of carboxylic acid groups (broad SMARTS) is 2. The predicted octanol–water partition coefficient (Wildman–Crippen LogP) is -4.23. The average Bonchev–Trinajstić information content (AvgIpc) is 2.40. The van der Waals surface area contributed by atoms with Crippen LogP contribution in [0.1, 0.15) is 12.8 Å². The molecule has 0 bridgehead atoms. The third-order valence-electron chi connectivity index (χ3n) is 4.06. The highest BCUT2D eigenvalue weighted by Crippen LogP contribution is 2.16. The second kappa shape index (κ2) is 10.1. The Balaban J connectivity index is 5.14. The van der Waals surface area contributed by atoms with E-state index in [1.54, 1.807) is 42.3 Å². The van der Waals surface area contributed by atoms with Crippen LogP contribution in [-0.2, 0) is 19.2 Å². The minimum absolute atomic E-state index is 0.0395. The first kappa shape index (κ1) is 26.1. The Hall–Kier alpha value is -1.88. The first-order valence-electron chi connectivity index (χ1n) is 8.90. The van der Waals surface area contributed by atoms with E-state index in [1.165, 1.54) is 0 Å². The molecule has 0 aromatic carbocycles. The molecule has 0 aliphatic heterocycles. The zero-order valence-corrected chi connectivity index (χ0v) is 17.4. The first-order chi connectivity index (χ1) is 12.5. The molecular weight excluding hydrogens is 372 g/mol. The molecule has 4 unspecified atom stereocenters. The summed E-state index contributed by atoms with van der Waals surface area (Å²) in [7, 11) is 10.2. The second-order valence-corrected chi connectivity index (χ2v) is 9.11. The number of aliphatic hydroxyl groups excluding tert-OH is 2. The van der Waals surface area contributed by atoms with Crippen LogP contribution in [0, 0.1) is 11.8 Å². The van der Waals surface area contributed by atoms with Gasteiger partial charge in [0, 0.05) is 12.8 Å². The number of aliphatic carboxylic acids is 2. The molecule has 0 heterocycles. The van der Waals surface area contributed by atoms with Crippen LogP contribution in [0.4, 0.5) is 0 Å². The summed E-state index contributed by atoms with van der Waals surface area (Å²) < 4.78 is 0.391. The molecule has 10 heteroatoms. The lowest BCUT2D eigenvalue weighted by Gasteiger charge is -2.31. The van der Waals surface area contributed by atoms with Crippen molar-refractivity contribution in [1.82, 2.24) is 0 Å². The van der Waals surface area contributed by atoms with Crippen molar-refractivity contribution in [3.63, 3.8) is 0 Å². The predicted molar refractivity (Wildman–Crippen MR) is 94.1 cm³/mol. The van der Waals surface area contributed by atoms with Crippen molar-refractivity contribution in [1.29, 1.82) is 0 Å². The van der Waals surface area contributed by atoms with Gasteiger partial charge in [-0.1, -0.05) is 0 Å². The summed E-state index contributed by atoms with van der Waals surface area (Å²) in [4.78, 5) is 47.1. The van der Waals surface area contributed by atoms with Crippen LogP contribution < -0.4 is 10.2 Å². The fourth-order valence-corrected chi connectivity index (χ4v) is 2.90. The van der Waals surface area contributed by atoms with Crippen molar-refractivity contribution in [3.05, 3.63) is 0 Å². The molecular formula is C18H32N2O8. The van der Waals surface area contributed by atoms with E-state index in [0.717, 1.165) is 0 Å². The summed E-state index contributed by atoms with van der Waals surface area (Å²) in [5.74, 6) is -9.06. The summed E-state index contributed by atoms with van der Waals surface area (Å²) in [6.07, 6.45) is -4.22. The largest absolute Gasteiger partial charge is 0.549 e. The minimum atomic E-state index is -1.83. The molecule has 0 rings (SSSR count). The van der Waals surface area contributed by atoms with Crippen LogP contribution in [-0.4, -0.2) is 110 Å². The highest BCUT2D eigenvalue weighted by atomic mass is 16.4. The molecule has 0 fully saturated rings. The van der Waals surface area contributed by atoms with Gasteiger partial charge in [-0.2, -0.15) is 0 Å². The standard InChI is InChI=1S/C18H32N2O8/c1-19(2,3)9-13(23)15(17(25)26)11(21)7-8-12(22)16(18(27)28)14(24)10-20(4,5)6/h13-16,23-24H,7-10H2,1-6H3. The molecule has 0 radical (unpaired) electrons. The summed E-state index contributed by atoms with van der Waals surface area (Å²) in [6, 6.07) is 0. The molecule has 0 aromatic heterocycles. The van der Waals surface area contributed by atoms with Crippen LogP contribution in [0.25, 0.3) is 0 Å². The first-order valence-corrected chi connectivity index (χ1v) is 8.90. The fraction of sp³-hybridized carbons (Fsp3) is 0.778. The van der Waals surface area contributed by atoms with Crippen LogP contribution in [0.15, 0.2) is 0 Å². The molecule has 28 heavy (non-hydrogen) atoms. The Morgan fingerprint density at radius 3 is 1.11 bits per heavy atom. The van der Waals surface area contributed by atoms with Crippen molar-refractivity contribution in [2.24, 2.45) is 11.8 Å². The Kier molecular flexibility index (Phi) is 9.38. The molecule has 0 aromatic rings. The molecule has 10 nitrogen and oxygen atoms in total. The Bertz CT molecular complexity index is 539. The van der Waals surface area contributed by atoms with Crippen LogP contribution in [0.3, 0.4) is 0 Å². The number of ketones is 2. The number of quaternary nitrogens is 2. The number of nitrogens with zero attached hydrogens (tertiary/aromatic N) is 2. The van der Waals surface area contributed by atoms with Crippen molar-refractivity contribution in [2.45, 2.75) is 25.0 Å². The van der Waals surface area contributed by atoms with Gasteiger partial charge in [0.1, 0.15) is 36.9 Å². The maximum absolute atomic E-state index is 12.2. The van der Waals surface area contributed by atoms with E-state index in [2.05, 4.69) is 0 Å². The van der Waals surface area contributed by atoms with E-state index < -0.39 is 60.4 Å². The van der Waals surface area contributed by atoms with E-state index in [9.17, 15) is 39.6 Å². The van der Waals surface area contributed by atoms with E-state index in [-0.39, 0.29) is 22.1 Å². The van der Waals surface area contributed by atoms with Crippen molar-refractivity contribution in [3.8, 4) is 0 Å². The molecule has 0 aliphatic carbocycles. The van der Waals surface area contributed by atoms with E-state index in [0.29, 0.717) is 0 Å². The molecule has 162 valence electrons. The normalized spacial score (nSPS) is 16.7. The number of carbonyl (C=O) groups is 4. The number of hydrogen-bond acceptors (Lipinski definition) is 8. The Morgan fingerprint density at radius 2 is 0.929 bits per heavy atom. The fourth-order valence-electron chi connectivity index (χ4n) is 2.90. The van der Waals surface area contributed by atoms with Gasteiger partial charge >= 0.3 is 0 Å². The number of hydrogen-bond donors (Lipinski definition) is 2. The van der Waals surface area contributed by atoms with Crippen LogP contribution in [0.2, 0.25) is 0 Å². The maximum Gasteiger partial charge on any atom is 0.144 e. The Morgan fingerprint density at radius 1 is 0.679 bits per heavy atom. The quantitative estimate of drug-likeness (QED) is 0.231. The molecule has 0 saturated carbocycles. The molecule has 0 spiro atoms. The highest BCUT2D eigenvalue weighted by molar-refractivity contribution is 6.02. The summed E-state index contributed by atoms with van der Waals surface area (Å²) in [5.41, 5.74) is 0. The lowest BCUT2D eigenvalue weighted by atomic mass is 9.89. The van der Waals surface area contributed by atoms with Gasteiger partial charge in [-0.15, -0.1) is 0 Å². The molecule has 2 N–H and O–H groups in total. The van der Waals surface area contributed by atoms with Gasteiger partial charge in [0.25, 0.3) is 0 Å². The lowest BCUT2D eigenvalue weighted by Crippen LogP contribution is -2.52. The monoisotopic (exact) mass is 404 g/mol. The van der Waals surface area contributed by atoms with Gasteiger partial charge in [-0.3, -0.25) is 9.59 Å². The van der Waals surface area contributed by atoms with E-state index in [4.69, 9.17) is 0 Å². The summed E-state index contributed by atoms with van der Waals surface area (Å²) in [6.45, 7) is -0.0789. The van der Waals surface area contributed by atoms with Gasteiger partial charge in [-0.25, -0.2) is 0 Å². The van der Waals surface area contributed by atoms with Crippen LogP contribution in [0.5, 0.6) is 0 Å². The van der Waals surface area contributed by atoms with Gasteiger partial charge in [0.15, 0.2) is 0 Å². The zero-order valence-electron chi connectivity index (χ0n) is 17.4. The lowest BCUT2D eigenvalue weighted by molar-refractivity contribution is -0.873. The topological polar surface area (TPSA) is 155 Å². The number of likely N-dealkylation sites (N-methyl/N-ethyl adjacent to an activating group) is 2.